The zero-order valence-electron chi connectivity index (χ0n) is 20.2. The smallest absolute Gasteiger partial charge is 0.262 e. The van der Waals surface area contributed by atoms with Crippen LogP contribution in [0.1, 0.15) is 24.2 Å². The first kappa shape index (κ1) is 25.8. The van der Waals surface area contributed by atoms with Crippen molar-refractivity contribution in [2.75, 3.05) is 45.7 Å². The van der Waals surface area contributed by atoms with Gasteiger partial charge in [0.15, 0.2) is 0 Å². The van der Waals surface area contributed by atoms with Gasteiger partial charge in [-0.1, -0.05) is 13.0 Å². The second-order valence-electron chi connectivity index (χ2n) is 8.55. The molecule has 2 aromatic carbocycles. The Morgan fingerprint density at radius 3 is 2.62 bits per heavy atom. The number of nitrogens with one attached hydrogen (secondary N) is 2. The number of carbonyl (C=O) groups is 1. The number of anilines is 1. The summed E-state index contributed by atoms with van der Waals surface area (Å²) in [4.78, 5) is 14.9. The standard InChI is InChI=1S/C24H33N3O6S/c1-16-13-25-17(2)15-33-22-11-18(9-10-21(22)24(28)27(3)14-23(16)32-5)26-34(29,30)20-8-6-7-19(12-20)31-4/h6-12,16-17,23,25-26H,13-15H2,1-5H3/t16-,17-,23-/m0/s1. The van der Waals surface area contributed by atoms with Crippen LogP contribution >= 0.6 is 0 Å². The summed E-state index contributed by atoms with van der Waals surface area (Å²) in [5, 5.41) is 3.42. The van der Waals surface area contributed by atoms with E-state index in [0.717, 1.165) is 0 Å². The molecule has 3 atom stereocenters. The molecule has 0 saturated carbocycles. The lowest BCUT2D eigenvalue weighted by atomic mass is 10.0. The summed E-state index contributed by atoms with van der Waals surface area (Å²) >= 11 is 0. The van der Waals surface area contributed by atoms with Gasteiger partial charge in [0, 0.05) is 45.4 Å². The summed E-state index contributed by atoms with van der Waals surface area (Å²) in [5.74, 6) is 0.698. The Morgan fingerprint density at radius 1 is 1.15 bits per heavy atom. The van der Waals surface area contributed by atoms with Crippen molar-refractivity contribution in [3.8, 4) is 11.5 Å². The molecule has 0 saturated heterocycles. The van der Waals surface area contributed by atoms with E-state index in [9.17, 15) is 13.2 Å². The Bertz CT molecular complexity index is 1110. The lowest BCUT2D eigenvalue weighted by molar-refractivity contribution is 0.0281. The Kier molecular flexibility index (Phi) is 8.40. The molecule has 1 aliphatic heterocycles. The second-order valence-corrected chi connectivity index (χ2v) is 10.2. The van der Waals surface area contributed by atoms with E-state index in [1.807, 2.05) is 6.92 Å². The lowest BCUT2D eigenvalue weighted by Gasteiger charge is -2.30. The summed E-state index contributed by atoms with van der Waals surface area (Å²) in [6, 6.07) is 10.9. The predicted molar refractivity (Wildman–Crippen MR) is 130 cm³/mol. The largest absolute Gasteiger partial charge is 0.497 e. The summed E-state index contributed by atoms with van der Waals surface area (Å²) < 4.78 is 45.1. The van der Waals surface area contributed by atoms with Gasteiger partial charge in [0.05, 0.1) is 29.4 Å². The molecule has 1 heterocycles. The number of hydrogen-bond acceptors (Lipinski definition) is 7. The van der Waals surface area contributed by atoms with Crippen molar-refractivity contribution in [1.29, 1.82) is 0 Å². The first-order valence-electron chi connectivity index (χ1n) is 11.1. The molecule has 9 nitrogen and oxygen atoms in total. The molecule has 1 aliphatic rings. The van der Waals surface area contributed by atoms with Crippen molar-refractivity contribution in [2.45, 2.75) is 30.9 Å². The van der Waals surface area contributed by atoms with Crippen LogP contribution in [0.5, 0.6) is 11.5 Å². The molecule has 0 bridgehead atoms. The van der Waals surface area contributed by atoms with Crippen molar-refractivity contribution in [3.05, 3.63) is 48.0 Å². The number of amides is 1. The van der Waals surface area contributed by atoms with Crippen molar-refractivity contribution in [1.82, 2.24) is 10.2 Å². The molecule has 10 heteroatoms. The molecule has 2 N–H and O–H groups in total. The van der Waals surface area contributed by atoms with E-state index in [0.29, 0.717) is 36.8 Å². The molecule has 0 radical (unpaired) electrons. The van der Waals surface area contributed by atoms with Crippen LogP contribution in [0.2, 0.25) is 0 Å². The van der Waals surface area contributed by atoms with Gasteiger partial charge in [0.25, 0.3) is 15.9 Å². The minimum atomic E-state index is -3.87. The number of likely N-dealkylation sites (N-methyl/N-ethyl adjacent to an activating group) is 1. The second kappa shape index (κ2) is 11.1. The number of rotatable bonds is 5. The van der Waals surface area contributed by atoms with Crippen LogP contribution in [0.4, 0.5) is 5.69 Å². The molecule has 0 spiro atoms. The van der Waals surface area contributed by atoms with E-state index in [4.69, 9.17) is 14.2 Å². The zero-order chi connectivity index (χ0) is 24.9. The fourth-order valence-corrected chi connectivity index (χ4v) is 4.79. The predicted octanol–water partition coefficient (Wildman–Crippen LogP) is 2.59. The number of sulfonamides is 1. The van der Waals surface area contributed by atoms with Crippen LogP contribution in [0.3, 0.4) is 0 Å². The van der Waals surface area contributed by atoms with Crippen molar-refractivity contribution >= 4 is 21.6 Å². The molecule has 0 aromatic heterocycles. The van der Waals surface area contributed by atoms with Gasteiger partial charge in [0.2, 0.25) is 0 Å². The third-order valence-electron chi connectivity index (χ3n) is 5.83. The normalized spacial score (nSPS) is 22.1. The van der Waals surface area contributed by atoms with Gasteiger partial charge in [-0.15, -0.1) is 0 Å². The summed E-state index contributed by atoms with van der Waals surface area (Å²) in [6.45, 7) is 5.49. The molecule has 1 amide bonds. The molecule has 34 heavy (non-hydrogen) atoms. The third-order valence-corrected chi connectivity index (χ3v) is 7.21. The van der Waals surface area contributed by atoms with Gasteiger partial charge in [-0.3, -0.25) is 9.52 Å². The molecule has 0 aliphatic carbocycles. The average molecular weight is 492 g/mol. The Labute approximate surface area is 201 Å². The summed E-state index contributed by atoms with van der Waals surface area (Å²) in [6.07, 6.45) is -0.133. The van der Waals surface area contributed by atoms with E-state index in [1.165, 1.54) is 25.3 Å². The topological polar surface area (TPSA) is 106 Å². The van der Waals surface area contributed by atoms with Gasteiger partial charge in [-0.25, -0.2) is 8.42 Å². The Morgan fingerprint density at radius 2 is 1.91 bits per heavy atom. The van der Waals surface area contributed by atoms with Crippen LogP contribution in [0, 0.1) is 5.92 Å². The maximum atomic E-state index is 13.2. The summed E-state index contributed by atoms with van der Waals surface area (Å²) in [7, 11) is 0.958. The highest BCUT2D eigenvalue weighted by Crippen LogP contribution is 2.28. The van der Waals surface area contributed by atoms with E-state index < -0.39 is 10.0 Å². The highest BCUT2D eigenvalue weighted by atomic mass is 32.2. The van der Waals surface area contributed by atoms with Crippen LogP contribution in [0.15, 0.2) is 47.4 Å². The quantitative estimate of drug-likeness (QED) is 0.662. The van der Waals surface area contributed by atoms with Gasteiger partial charge >= 0.3 is 0 Å². The maximum absolute atomic E-state index is 13.2. The number of fused-ring (bicyclic) bond motifs is 1. The van der Waals surface area contributed by atoms with Crippen LogP contribution in [0.25, 0.3) is 0 Å². The van der Waals surface area contributed by atoms with Crippen LogP contribution in [-0.2, 0) is 14.8 Å². The molecular weight excluding hydrogens is 458 g/mol. The van der Waals surface area contributed by atoms with Crippen molar-refractivity contribution in [3.63, 3.8) is 0 Å². The fraction of sp³-hybridized carbons (Fsp3) is 0.458. The lowest BCUT2D eigenvalue weighted by Crippen LogP contribution is -2.44. The van der Waals surface area contributed by atoms with Crippen molar-refractivity contribution in [2.24, 2.45) is 5.92 Å². The first-order valence-corrected chi connectivity index (χ1v) is 12.6. The van der Waals surface area contributed by atoms with Gasteiger partial charge < -0.3 is 24.4 Å². The zero-order valence-corrected chi connectivity index (χ0v) is 21.0. The fourth-order valence-electron chi connectivity index (χ4n) is 3.70. The van der Waals surface area contributed by atoms with Crippen LogP contribution in [-0.4, -0.2) is 72.3 Å². The third kappa shape index (κ3) is 6.19. The van der Waals surface area contributed by atoms with Crippen molar-refractivity contribution < 1.29 is 27.4 Å². The number of hydrogen-bond donors (Lipinski definition) is 2. The monoisotopic (exact) mass is 491 g/mol. The SMILES string of the molecule is COc1cccc(S(=O)(=O)Nc2ccc3c(c2)OC[C@H](C)NC[C@H](C)[C@@H](OC)CN(C)C3=O)c1. The number of ether oxygens (including phenoxy) is 3. The average Bonchev–Trinajstić information content (AvgIpc) is 2.83. The van der Waals surface area contributed by atoms with E-state index in [-0.39, 0.29) is 34.6 Å². The number of carbonyl (C=O) groups excluding carboxylic acids is 1. The van der Waals surface area contributed by atoms with Crippen LogP contribution < -0.4 is 19.5 Å². The van der Waals surface area contributed by atoms with E-state index >= 15 is 0 Å². The highest BCUT2D eigenvalue weighted by Gasteiger charge is 2.26. The van der Waals surface area contributed by atoms with Gasteiger partial charge in [-0.05, 0) is 37.1 Å². The Balaban J connectivity index is 1.92. The molecule has 0 fully saturated rings. The first-order chi connectivity index (χ1) is 16.1. The van der Waals surface area contributed by atoms with Gasteiger partial charge in [-0.2, -0.15) is 0 Å². The molecular formula is C24H33N3O6S. The number of methoxy groups -OCH3 is 2. The molecule has 3 rings (SSSR count). The van der Waals surface area contributed by atoms with E-state index in [1.54, 1.807) is 43.3 Å². The number of nitrogens with zero attached hydrogens (tertiary/aromatic N) is 1. The minimum Gasteiger partial charge on any atom is -0.497 e. The molecule has 186 valence electrons. The molecule has 0 unspecified atom stereocenters. The summed E-state index contributed by atoms with van der Waals surface area (Å²) in [5.41, 5.74) is 0.634. The highest BCUT2D eigenvalue weighted by molar-refractivity contribution is 7.92. The van der Waals surface area contributed by atoms with E-state index in [2.05, 4.69) is 17.0 Å². The molecule has 2 aromatic rings. The van der Waals surface area contributed by atoms with Gasteiger partial charge in [0.1, 0.15) is 18.1 Å². The minimum absolute atomic E-state index is 0.0113. The number of benzene rings is 2. The maximum Gasteiger partial charge on any atom is 0.262 e. The Hall–Kier alpha value is -2.82.